The van der Waals surface area contributed by atoms with Crippen molar-refractivity contribution in [1.82, 2.24) is 9.97 Å². The van der Waals surface area contributed by atoms with Crippen molar-refractivity contribution in [2.75, 3.05) is 0 Å². The zero-order valence-electron chi connectivity index (χ0n) is 8.29. The average molecular weight is 232 g/mol. The third-order valence-electron chi connectivity index (χ3n) is 1.98. The summed E-state index contributed by atoms with van der Waals surface area (Å²) in [7, 11) is 0. The number of hydrogen-bond acceptors (Lipinski definition) is 5. The molecular formula is C11H8N2O2S. The second kappa shape index (κ2) is 4.76. The molecule has 2 heterocycles. The Hall–Kier alpha value is -1.88. The van der Waals surface area contributed by atoms with Gasteiger partial charge in [0.25, 0.3) is 0 Å². The van der Waals surface area contributed by atoms with Crippen molar-refractivity contribution in [3.63, 3.8) is 0 Å². The van der Waals surface area contributed by atoms with Crippen LogP contribution in [0.15, 0.2) is 35.3 Å². The van der Waals surface area contributed by atoms with Gasteiger partial charge in [0.05, 0.1) is 6.42 Å². The van der Waals surface area contributed by atoms with E-state index in [1.54, 1.807) is 22.9 Å². The van der Waals surface area contributed by atoms with Crippen LogP contribution < -0.4 is 0 Å². The fourth-order valence-electron chi connectivity index (χ4n) is 1.19. The Kier molecular flexibility index (Phi) is 3.16. The van der Waals surface area contributed by atoms with Crippen LogP contribution in [0.5, 0.6) is 0 Å². The molecular weight excluding hydrogens is 224 g/mol. The van der Waals surface area contributed by atoms with Gasteiger partial charge in [0.15, 0.2) is 11.6 Å². The van der Waals surface area contributed by atoms with Gasteiger partial charge in [0, 0.05) is 23.3 Å². The lowest BCUT2D eigenvalue weighted by Gasteiger charge is -1.97. The number of carbonyl (C=O) groups excluding carboxylic acids is 2. The van der Waals surface area contributed by atoms with Crippen LogP contribution in [0.25, 0.3) is 0 Å². The van der Waals surface area contributed by atoms with E-state index in [9.17, 15) is 9.59 Å². The SMILES string of the molecule is O=C(CC(=O)c1ncccn1)c1ccsc1. The molecule has 2 aromatic heterocycles. The van der Waals surface area contributed by atoms with Crippen LogP contribution in [0, 0.1) is 0 Å². The molecule has 0 saturated heterocycles. The Morgan fingerprint density at radius 3 is 2.56 bits per heavy atom. The van der Waals surface area contributed by atoms with Gasteiger partial charge in [-0.05, 0) is 17.5 Å². The summed E-state index contributed by atoms with van der Waals surface area (Å²) in [4.78, 5) is 30.8. The first-order valence-electron chi connectivity index (χ1n) is 4.63. The molecule has 0 N–H and O–H groups in total. The highest BCUT2D eigenvalue weighted by Gasteiger charge is 2.15. The van der Waals surface area contributed by atoms with Crippen molar-refractivity contribution in [2.24, 2.45) is 0 Å². The second-order valence-corrected chi connectivity index (χ2v) is 3.89. The molecule has 4 nitrogen and oxygen atoms in total. The molecule has 0 radical (unpaired) electrons. The predicted octanol–water partition coefficient (Wildman–Crippen LogP) is 1.99. The first kappa shape index (κ1) is 10.6. The normalized spacial score (nSPS) is 10.0. The molecule has 0 spiro atoms. The zero-order chi connectivity index (χ0) is 11.4. The fourth-order valence-corrected chi connectivity index (χ4v) is 1.85. The van der Waals surface area contributed by atoms with E-state index in [0.29, 0.717) is 5.56 Å². The van der Waals surface area contributed by atoms with Crippen molar-refractivity contribution in [3.05, 3.63) is 46.7 Å². The van der Waals surface area contributed by atoms with Gasteiger partial charge >= 0.3 is 0 Å². The van der Waals surface area contributed by atoms with E-state index in [0.717, 1.165) is 0 Å². The van der Waals surface area contributed by atoms with Crippen LogP contribution in [0.2, 0.25) is 0 Å². The van der Waals surface area contributed by atoms with Crippen molar-refractivity contribution < 1.29 is 9.59 Å². The molecule has 2 aromatic rings. The molecule has 0 unspecified atom stereocenters. The highest BCUT2D eigenvalue weighted by Crippen LogP contribution is 2.10. The largest absolute Gasteiger partial charge is 0.294 e. The Morgan fingerprint density at radius 1 is 1.19 bits per heavy atom. The van der Waals surface area contributed by atoms with E-state index < -0.39 is 0 Å². The number of ketones is 2. The maximum Gasteiger partial charge on any atom is 0.207 e. The number of carbonyl (C=O) groups is 2. The molecule has 80 valence electrons. The number of hydrogen-bond donors (Lipinski definition) is 0. The third-order valence-corrected chi connectivity index (χ3v) is 2.66. The van der Waals surface area contributed by atoms with E-state index in [-0.39, 0.29) is 23.8 Å². The van der Waals surface area contributed by atoms with E-state index in [1.807, 2.05) is 0 Å². The molecule has 2 rings (SSSR count). The quantitative estimate of drug-likeness (QED) is 0.597. The van der Waals surface area contributed by atoms with Gasteiger partial charge in [-0.2, -0.15) is 11.3 Å². The summed E-state index contributed by atoms with van der Waals surface area (Å²) < 4.78 is 0. The molecule has 0 bridgehead atoms. The van der Waals surface area contributed by atoms with Crippen LogP contribution in [-0.4, -0.2) is 21.5 Å². The maximum atomic E-state index is 11.6. The molecule has 0 aliphatic heterocycles. The Labute approximate surface area is 96.0 Å². The number of aromatic nitrogens is 2. The Morgan fingerprint density at radius 2 is 1.94 bits per heavy atom. The standard InChI is InChI=1S/C11H8N2O2S/c14-9(8-2-5-16-7-8)6-10(15)11-12-3-1-4-13-11/h1-5,7H,6H2. The number of thiophene rings is 1. The summed E-state index contributed by atoms with van der Waals surface area (Å²) in [6, 6.07) is 3.32. The second-order valence-electron chi connectivity index (χ2n) is 3.11. The molecule has 0 amide bonds. The minimum Gasteiger partial charge on any atom is -0.294 e. The molecule has 0 fully saturated rings. The lowest BCUT2D eigenvalue weighted by Crippen LogP contribution is -2.10. The molecule has 0 aliphatic carbocycles. The van der Waals surface area contributed by atoms with E-state index in [2.05, 4.69) is 9.97 Å². The first-order valence-corrected chi connectivity index (χ1v) is 5.57. The summed E-state index contributed by atoms with van der Waals surface area (Å²) in [5.74, 6) is -0.457. The van der Waals surface area contributed by atoms with Crippen molar-refractivity contribution in [2.45, 2.75) is 6.42 Å². The molecule has 0 aromatic carbocycles. The van der Waals surface area contributed by atoms with Gasteiger partial charge < -0.3 is 0 Å². The number of Topliss-reactive ketones (excluding diaryl/α,β-unsaturated/α-hetero) is 2. The monoisotopic (exact) mass is 232 g/mol. The van der Waals surface area contributed by atoms with Crippen LogP contribution in [-0.2, 0) is 0 Å². The van der Waals surface area contributed by atoms with Gasteiger partial charge in [-0.3, -0.25) is 9.59 Å². The predicted molar refractivity (Wildman–Crippen MR) is 59.6 cm³/mol. The molecule has 0 aliphatic rings. The Bertz CT molecular complexity index is 494. The summed E-state index contributed by atoms with van der Waals surface area (Å²) >= 11 is 1.43. The lowest BCUT2D eigenvalue weighted by atomic mass is 10.1. The highest BCUT2D eigenvalue weighted by molar-refractivity contribution is 7.08. The van der Waals surface area contributed by atoms with Crippen molar-refractivity contribution in [1.29, 1.82) is 0 Å². The van der Waals surface area contributed by atoms with Crippen molar-refractivity contribution >= 4 is 22.9 Å². The first-order chi connectivity index (χ1) is 7.77. The Balaban J connectivity index is 2.06. The minimum absolute atomic E-state index is 0.0890. The fraction of sp³-hybridized carbons (Fsp3) is 0.0909. The smallest absolute Gasteiger partial charge is 0.207 e. The molecule has 0 saturated carbocycles. The number of rotatable bonds is 4. The summed E-state index contributed by atoms with van der Waals surface area (Å²) in [5, 5.41) is 3.53. The van der Waals surface area contributed by atoms with Gasteiger partial charge in [0.2, 0.25) is 5.78 Å². The van der Waals surface area contributed by atoms with Gasteiger partial charge in [-0.25, -0.2) is 9.97 Å². The van der Waals surface area contributed by atoms with Crippen LogP contribution >= 0.6 is 11.3 Å². The summed E-state index contributed by atoms with van der Waals surface area (Å²) in [6.07, 6.45) is 2.78. The van der Waals surface area contributed by atoms with E-state index in [1.165, 1.54) is 23.7 Å². The molecule has 0 atom stereocenters. The van der Waals surface area contributed by atoms with Crippen LogP contribution in [0.4, 0.5) is 0 Å². The lowest BCUT2D eigenvalue weighted by molar-refractivity contribution is 0.0888. The van der Waals surface area contributed by atoms with Crippen LogP contribution in [0.1, 0.15) is 27.4 Å². The topological polar surface area (TPSA) is 59.9 Å². The zero-order valence-corrected chi connectivity index (χ0v) is 9.11. The molecule has 5 heteroatoms. The van der Waals surface area contributed by atoms with Crippen LogP contribution in [0.3, 0.4) is 0 Å². The van der Waals surface area contributed by atoms with Gasteiger partial charge in [0.1, 0.15) is 0 Å². The van der Waals surface area contributed by atoms with E-state index >= 15 is 0 Å². The molecule has 16 heavy (non-hydrogen) atoms. The maximum absolute atomic E-state index is 11.6. The summed E-state index contributed by atoms with van der Waals surface area (Å²) in [6.45, 7) is 0. The third kappa shape index (κ3) is 2.38. The average Bonchev–Trinajstić information content (AvgIpc) is 2.83. The van der Waals surface area contributed by atoms with Gasteiger partial charge in [-0.15, -0.1) is 0 Å². The van der Waals surface area contributed by atoms with Crippen molar-refractivity contribution in [3.8, 4) is 0 Å². The number of nitrogens with zero attached hydrogens (tertiary/aromatic N) is 2. The summed E-state index contributed by atoms with van der Waals surface area (Å²) in [5.41, 5.74) is 0.564. The van der Waals surface area contributed by atoms with Gasteiger partial charge in [-0.1, -0.05) is 0 Å². The van der Waals surface area contributed by atoms with E-state index in [4.69, 9.17) is 0 Å². The minimum atomic E-state index is -0.350. The highest BCUT2D eigenvalue weighted by atomic mass is 32.1.